The van der Waals surface area contributed by atoms with Crippen molar-refractivity contribution in [1.82, 2.24) is 4.57 Å². The minimum Gasteiger partial charge on any atom is -0.332 e. The Bertz CT molecular complexity index is 50.0. The van der Waals surface area contributed by atoms with Crippen LogP contribution in [0.5, 0.6) is 0 Å². The molecule has 1 fully saturated rings. The number of hydrogen-bond donors (Lipinski definition) is 0. The molecule has 0 radical (unpaired) electrons. The average molecular weight is 115 g/mol. The largest absolute Gasteiger partial charge is 0.332 e. The van der Waals surface area contributed by atoms with Gasteiger partial charge < -0.3 is 4.57 Å². The number of rotatable bonds is 0. The van der Waals surface area contributed by atoms with Crippen molar-refractivity contribution >= 4 is 10.4 Å². The summed E-state index contributed by atoms with van der Waals surface area (Å²) in [5, 5.41) is 0. The molecule has 0 bridgehead atoms. The van der Waals surface area contributed by atoms with Gasteiger partial charge in [0.25, 0.3) is 0 Å². The molecule has 0 spiro atoms. The summed E-state index contributed by atoms with van der Waals surface area (Å²) in [6.45, 7) is 2.76. The van der Waals surface area contributed by atoms with Crippen molar-refractivity contribution in [3.05, 3.63) is 0 Å². The molecule has 1 heterocycles. The first kappa shape index (κ1) is 5.32. The Hall–Kier alpha value is 0.177. The van der Waals surface area contributed by atoms with Crippen LogP contribution in [-0.2, 0) is 0 Å². The second-order valence-electron chi connectivity index (χ2n) is 2.36. The second kappa shape index (κ2) is 2.48. The summed E-state index contributed by atoms with van der Waals surface area (Å²) in [6, 6.07) is 0. The first-order chi connectivity index (χ1) is 3.39. The van der Waals surface area contributed by atoms with Crippen molar-refractivity contribution in [1.29, 1.82) is 0 Å². The summed E-state index contributed by atoms with van der Waals surface area (Å²) in [7, 11) is 1.28. The van der Waals surface area contributed by atoms with E-state index in [1.54, 1.807) is 0 Å². The SMILES string of the molecule is [SiH3]N1CCCCC1. The van der Waals surface area contributed by atoms with Crippen LogP contribution in [0.25, 0.3) is 0 Å². The van der Waals surface area contributed by atoms with Gasteiger partial charge in [0.05, 0.1) is 10.4 Å². The molecule has 0 atom stereocenters. The van der Waals surface area contributed by atoms with E-state index in [2.05, 4.69) is 4.57 Å². The summed E-state index contributed by atoms with van der Waals surface area (Å²) in [5.41, 5.74) is 0. The zero-order valence-corrected chi connectivity index (χ0v) is 6.98. The Morgan fingerprint density at radius 1 is 1.00 bits per heavy atom. The Kier molecular flexibility index (Phi) is 1.88. The van der Waals surface area contributed by atoms with Crippen LogP contribution < -0.4 is 0 Å². The van der Waals surface area contributed by atoms with E-state index >= 15 is 0 Å². The fraction of sp³-hybridized carbons (Fsp3) is 1.00. The van der Waals surface area contributed by atoms with Crippen LogP contribution in [0.15, 0.2) is 0 Å². The molecule has 0 aromatic rings. The molecule has 0 saturated carbocycles. The molecule has 1 aliphatic rings. The second-order valence-corrected chi connectivity index (χ2v) is 3.63. The predicted molar refractivity (Wildman–Crippen MR) is 35.4 cm³/mol. The van der Waals surface area contributed by atoms with Crippen LogP contribution in [0.1, 0.15) is 19.3 Å². The minimum absolute atomic E-state index is 1.28. The first-order valence-corrected chi connectivity index (χ1v) is 3.97. The van der Waals surface area contributed by atoms with Crippen molar-refractivity contribution in [2.45, 2.75) is 19.3 Å². The van der Waals surface area contributed by atoms with Gasteiger partial charge in [-0.25, -0.2) is 0 Å². The van der Waals surface area contributed by atoms with Crippen molar-refractivity contribution in [2.24, 2.45) is 0 Å². The van der Waals surface area contributed by atoms with Crippen LogP contribution in [0.3, 0.4) is 0 Å². The fourth-order valence-electron chi connectivity index (χ4n) is 1.05. The zero-order valence-electron chi connectivity index (χ0n) is 4.98. The van der Waals surface area contributed by atoms with Gasteiger partial charge in [-0.15, -0.1) is 0 Å². The van der Waals surface area contributed by atoms with Crippen LogP contribution in [0, 0.1) is 0 Å². The summed E-state index contributed by atoms with van der Waals surface area (Å²) in [6.07, 6.45) is 4.37. The summed E-state index contributed by atoms with van der Waals surface area (Å²) in [4.78, 5) is 0. The molecule has 0 aromatic heterocycles. The molecule has 1 saturated heterocycles. The topological polar surface area (TPSA) is 3.24 Å². The van der Waals surface area contributed by atoms with E-state index in [9.17, 15) is 0 Å². The van der Waals surface area contributed by atoms with Crippen molar-refractivity contribution < 1.29 is 0 Å². The van der Waals surface area contributed by atoms with Gasteiger partial charge in [-0.1, -0.05) is 6.42 Å². The third kappa shape index (κ3) is 1.61. The maximum Gasteiger partial charge on any atom is 0.0784 e. The van der Waals surface area contributed by atoms with E-state index in [0.717, 1.165) is 0 Å². The summed E-state index contributed by atoms with van der Waals surface area (Å²) >= 11 is 0. The molecule has 1 rings (SSSR count). The Labute approximate surface area is 48.2 Å². The van der Waals surface area contributed by atoms with Crippen LogP contribution >= 0.6 is 0 Å². The lowest BCUT2D eigenvalue weighted by molar-refractivity contribution is 0.367. The lowest BCUT2D eigenvalue weighted by Gasteiger charge is -2.21. The summed E-state index contributed by atoms with van der Waals surface area (Å²) < 4.78 is 2.53. The normalized spacial score (nSPS) is 25.7. The standard InChI is InChI=1S/C5H13NSi/c7-6-4-2-1-3-5-6/h1-5H2,7H3. The van der Waals surface area contributed by atoms with Crippen molar-refractivity contribution in [2.75, 3.05) is 13.1 Å². The third-order valence-corrected chi connectivity index (χ3v) is 2.47. The van der Waals surface area contributed by atoms with E-state index in [0.29, 0.717) is 0 Å². The van der Waals surface area contributed by atoms with Crippen molar-refractivity contribution in [3.8, 4) is 0 Å². The average Bonchev–Trinajstić information content (AvgIpc) is 1.69. The van der Waals surface area contributed by atoms with Gasteiger partial charge in [-0.2, -0.15) is 0 Å². The van der Waals surface area contributed by atoms with Gasteiger partial charge in [0.15, 0.2) is 0 Å². The van der Waals surface area contributed by atoms with Crippen LogP contribution in [-0.4, -0.2) is 28.1 Å². The molecule has 1 aliphatic heterocycles. The molecule has 0 aromatic carbocycles. The molecule has 0 unspecified atom stereocenters. The number of hydrogen-bond acceptors (Lipinski definition) is 1. The molecule has 1 nitrogen and oxygen atoms in total. The molecular weight excluding hydrogens is 102 g/mol. The van der Waals surface area contributed by atoms with Gasteiger partial charge in [-0.3, -0.25) is 0 Å². The molecule has 2 heteroatoms. The van der Waals surface area contributed by atoms with E-state index in [4.69, 9.17) is 0 Å². The highest BCUT2D eigenvalue weighted by molar-refractivity contribution is 6.04. The highest BCUT2D eigenvalue weighted by Crippen LogP contribution is 2.04. The van der Waals surface area contributed by atoms with Gasteiger partial charge in [-0.05, 0) is 25.9 Å². The van der Waals surface area contributed by atoms with E-state index in [-0.39, 0.29) is 0 Å². The minimum atomic E-state index is 1.28. The van der Waals surface area contributed by atoms with Crippen molar-refractivity contribution in [3.63, 3.8) is 0 Å². The van der Waals surface area contributed by atoms with Crippen LogP contribution in [0.2, 0.25) is 0 Å². The molecule has 0 amide bonds. The maximum atomic E-state index is 2.53. The number of piperidine rings is 1. The highest BCUT2D eigenvalue weighted by atomic mass is 28.2. The Morgan fingerprint density at radius 2 is 1.57 bits per heavy atom. The Balaban J connectivity index is 2.12. The monoisotopic (exact) mass is 115 g/mol. The molecule has 42 valence electrons. The van der Waals surface area contributed by atoms with Crippen LogP contribution in [0.4, 0.5) is 0 Å². The third-order valence-electron chi connectivity index (χ3n) is 1.58. The maximum absolute atomic E-state index is 2.53. The molecule has 0 aliphatic carbocycles. The van der Waals surface area contributed by atoms with E-state index in [1.165, 1.54) is 42.8 Å². The molecule has 0 N–H and O–H groups in total. The van der Waals surface area contributed by atoms with Gasteiger partial charge in [0.2, 0.25) is 0 Å². The predicted octanol–water partition coefficient (Wildman–Crippen LogP) is -0.247. The van der Waals surface area contributed by atoms with E-state index < -0.39 is 0 Å². The summed E-state index contributed by atoms with van der Waals surface area (Å²) in [5.74, 6) is 0. The quantitative estimate of drug-likeness (QED) is 0.394. The fourth-order valence-corrected chi connectivity index (χ4v) is 1.68. The lowest BCUT2D eigenvalue weighted by atomic mass is 10.2. The zero-order chi connectivity index (χ0) is 5.11. The first-order valence-electron chi connectivity index (χ1n) is 3.08. The molecule has 7 heavy (non-hydrogen) atoms. The van der Waals surface area contributed by atoms with Gasteiger partial charge in [0.1, 0.15) is 0 Å². The highest BCUT2D eigenvalue weighted by Gasteiger charge is 2.01. The Morgan fingerprint density at radius 3 is 1.86 bits per heavy atom. The van der Waals surface area contributed by atoms with E-state index in [1.807, 2.05) is 0 Å². The lowest BCUT2D eigenvalue weighted by Crippen LogP contribution is -2.26. The smallest absolute Gasteiger partial charge is 0.0784 e. The number of nitrogens with zero attached hydrogens (tertiary/aromatic N) is 1. The van der Waals surface area contributed by atoms with Gasteiger partial charge in [0, 0.05) is 0 Å². The van der Waals surface area contributed by atoms with Gasteiger partial charge >= 0.3 is 0 Å². The molecular formula is C5H13NSi.